The Hall–Kier alpha value is -4.29. The van der Waals surface area contributed by atoms with Crippen LogP contribution in [0.3, 0.4) is 0 Å². The molecule has 0 atom stereocenters. The molecule has 2 aliphatic rings. The van der Waals surface area contributed by atoms with E-state index < -0.39 is 11.6 Å². The summed E-state index contributed by atoms with van der Waals surface area (Å²) in [6.45, 7) is 5.37. The first-order chi connectivity index (χ1) is 20.4. The number of H-pyrrole nitrogens is 1. The Bertz CT molecular complexity index is 1560. The molecule has 2 aromatic carbocycles. The summed E-state index contributed by atoms with van der Waals surface area (Å²) in [6, 6.07) is 13.1. The van der Waals surface area contributed by atoms with Crippen molar-refractivity contribution in [3.05, 3.63) is 71.3 Å². The average Bonchev–Trinajstić information content (AvgIpc) is 3.39. The number of anilines is 4. The van der Waals surface area contributed by atoms with Gasteiger partial charge in [-0.3, -0.25) is 9.89 Å². The van der Waals surface area contributed by atoms with Gasteiger partial charge in [0.25, 0.3) is 5.91 Å². The quantitative estimate of drug-likeness (QED) is 0.244. The van der Waals surface area contributed by atoms with Crippen molar-refractivity contribution in [3.8, 4) is 0 Å². The fraction of sp³-hybridized carbons (Fsp3) is 0.367. The predicted octanol–water partition coefficient (Wildman–Crippen LogP) is 4.44. The van der Waals surface area contributed by atoms with Gasteiger partial charge < -0.3 is 30.5 Å². The minimum Gasteiger partial charge on any atom is -0.381 e. The first-order valence-electron chi connectivity index (χ1n) is 14.2. The summed E-state index contributed by atoms with van der Waals surface area (Å²) >= 11 is 0. The minimum absolute atomic E-state index is 0.134. The molecule has 0 unspecified atom stereocenters. The number of piperazine rings is 1. The van der Waals surface area contributed by atoms with Crippen molar-refractivity contribution in [3.63, 3.8) is 0 Å². The maximum atomic E-state index is 14.0. The topological polar surface area (TPSA) is 110 Å². The van der Waals surface area contributed by atoms with Crippen LogP contribution in [0, 0.1) is 11.6 Å². The number of rotatable bonds is 8. The van der Waals surface area contributed by atoms with E-state index in [0.717, 1.165) is 56.5 Å². The number of aromatic nitrogens is 3. The van der Waals surface area contributed by atoms with Crippen LogP contribution in [0.25, 0.3) is 11.0 Å². The van der Waals surface area contributed by atoms with E-state index in [2.05, 4.69) is 54.0 Å². The number of nitrogens with one attached hydrogen (secondary N) is 4. The first kappa shape index (κ1) is 27.9. The highest BCUT2D eigenvalue weighted by atomic mass is 19.1. The molecule has 2 aromatic heterocycles. The predicted molar refractivity (Wildman–Crippen MR) is 159 cm³/mol. The van der Waals surface area contributed by atoms with Gasteiger partial charge in [0.2, 0.25) is 0 Å². The van der Waals surface area contributed by atoms with Crippen molar-refractivity contribution >= 4 is 40.0 Å². The third-order valence-electron chi connectivity index (χ3n) is 7.83. The van der Waals surface area contributed by atoms with Gasteiger partial charge in [-0.1, -0.05) is 6.07 Å². The Morgan fingerprint density at radius 2 is 1.86 bits per heavy atom. The van der Waals surface area contributed by atoms with Gasteiger partial charge in [-0.15, -0.1) is 0 Å². The van der Waals surface area contributed by atoms with Crippen LogP contribution in [-0.2, 0) is 11.3 Å². The van der Waals surface area contributed by atoms with Gasteiger partial charge in [0.1, 0.15) is 17.5 Å². The Labute approximate surface area is 242 Å². The summed E-state index contributed by atoms with van der Waals surface area (Å²) in [5.41, 5.74) is 3.18. The number of aromatic amines is 1. The van der Waals surface area contributed by atoms with Gasteiger partial charge in [-0.25, -0.2) is 13.8 Å². The van der Waals surface area contributed by atoms with Crippen molar-refractivity contribution in [1.29, 1.82) is 0 Å². The molecule has 0 saturated carbocycles. The second-order valence-electron chi connectivity index (χ2n) is 10.8. The summed E-state index contributed by atoms with van der Waals surface area (Å²) in [5, 5.41) is 17.4. The Morgan fingerprint density at radius 1 is 1.05 bits per heavy atom. The van der Waals surface area contributed by atoms with Crippen LogP contribution in [-0.4, -0.2) is 78.5 Å². The number of pyridine rings is 1. The van der Waals surface area contributed by atoms with E-state index >= 15 is 0 Å². The van der Waals surface area contributed by atoms with Crippen molar-refractivity contribution in [2.75, 3.05) is 67.3 Å². The minimum atomic E-state index is -0.627. The van der Waals surface area contributed by atoms with E-state index in [0.29, 0.717) is 47.0 Å². The van der Waals surface area contributed by atoms with Crippen molar-refractivity contribution in [1.82, 2.24) is 20.1 Å². The molecule has 4 N–H and O–H groups in total. The molecule has 12 heteroatoms. The number of likely N-dealkylation sites (N-methyl/N-ethyl adjacent to an activating group) is 1. The van der Waals surface area contributed by atoms with Crippen LogP contribution in [0.4, 0.5) is 31.8 Å². The number of hydrogen-bond donors (Lipinski definition) is 4. The summed E-state index contributed by atoms with van der Waals surface area (Å²) in [6.07, 6.45) is 1.75. The van der Waals surface area contributed by atoms with E-state index in [9.17, 15) is 13.6 Å². The molecule has 0 bridgehead atoms. The molecule has 0 aliphatic carbocycles. The van der Waals surface area contributed by atoms with Crippen LogP contribution >= 0.6 is 0 Å². The third kappa shape index (κ3) is 6.29. The van der Waals surface area contributed by atoms with Gasteiger partial charge in [-0.2, -0.15) is 5.10 Å². The van der Waals surface area contributed by atoms with Crippen LogP contribution in [0.2, 0.25) is 0 Å². The molecule has 2 aliphatic heterocycles. The van der Waals surface area contributed by atoms with E-state index in [4.69, 9.17) is 4.74 Å². The standard InChI is InChI=1S/C30H34F2N8O2/c1-39-10-12-40(13-11-39)22-4-5-23(26(17-22)34-21-8-14-42-15-9-21)30(41)36-29-24-6-7-27(35-28(24)37-38-29)33-18-19-2-3-20(31)16-25(19)32/h2-7,16-17,21,34H,8-15,18H2,1H3,(H3,33,35,36,37,38,41). The second kappa shape index (κ2) is 12.3. The fourth-order valence-electron chi connectivity index (χ4n) is 5.30. The van der Waals surface area contributed by atoms with E-state index in [1.165, 1.54) is 12.1 Å². The SMILES string of the molecule is CN1CCN(c2ccc(C(=O)Nc3n[nH]c4nc(NCc5ccc(F)cc5F)ccc34)c(NC3CCOCC3)c2)CC1. The van der Waals surface area contributed by atoms with Gasteiger partial charge in [0.15, 0.2) is 11.5 Å². The molecular weight excluding hydrogens is 542 g/mol. The summed E-state index contributed by atoms with van der Waals surface area (Å²) in [4.78, 5) is 22.7. The van der Waals surface area contributed by atoms with Crippen LogP contribution < -0.4 is 20.9 Å². The Morgan fingerprint density at radius 3 is 2.64 bits per heavy atom. The van der Waals surface area contributed by atoms with E-state index in [1.807, 2.05) is 12.1 Å². The molecular formula is C30H34F2N8O2. The number of carbonyl (C=O) groups excluding carboxylic acids is 1. The maximum absolute atomic E-state index is 14.0. The molecule has 10 nitrogen and oxygen atoms in total. The molecule has 42 heavy (non-hydrogen) atoms. The number of nitrogens with zero attached hydrogens (tertiary/aromatic N) is 4. The lowest BCUT2D eigenvalue weighted by atomic mass is 10.1. The zero-order chi connectivity index (χ0) is 29.1. The number of halogens is 2. The zero-order valence-electron chi connectivity index (χ0n) is 23.4. The summed E-state index contributed by atoms with van der Waals surface area (Å²) in [7, 11) is 2.13. The lowest BCUT2D eigenvalue weighted by Gasteiger charge is -2.34. The summed E-state index contributed by atoms with van der Waals surface area (Å²) < 4.78 is 32.7. The maximum Gasteiger partial charge on any atom is 0.258 e. The highest BCUT2D eigenvalue weighted by Crippen LogP contribution is 2.29. The van der Waals surface area contributed by atoms with Crippen LogP contribution in [0.15, 0.2) is 48.5 Å². The van der Waals surface area contributed by atoms with Crippen molar-refractivity contribution < 1.29 is 18.3 Å². The molecule has 0 spiro atoms. The molecule has 4 heterocycles. The summed E-state index contributed by atoms with van der Waals surface area (Å²) in [5.74, 6) is -0.691. The number of amides is 1. The molecule has 4 aromatic rings. The zero-order valence-corrected chi connectivity index (χ0v) is 23.4. The third-order valence-corrected chi connectivity index (χ3v) is 7.83. The molecule has 2 fully saturated rings. The van der Waals surface area contributed by atoms with Gasteiger partial charge in [0, 0.05) is 75.0 Å². The number of hydrogen-bond acceptors (Lipinski definition) is 8. The molecule has 6 rings (SSSR count). The second-order valence-corrected chi connectivity index (χ2v) is 10.8. The normalized spacial score (nSPS) is 16.5. The average molecular weight is 577 g/mol. The number of ether oxygens (including phenoxy) is 1. The fourth-order valence-corrected chi connectivity index (χ4v) is 5.30. The molecule has 2 saturated heterocycles. The first-order valence-corrected chi connectivity index (χ1v) is 14.2. The van der Waals surface area contributed by atoms with Crippen molar-refractivity contribution in [2.45, 2.75) is 25.4 Å². The van der Waals surface area contributed by atoms with Crippen molar-refractivity contribution in [2.24, 2.45) is 0 Å². The smallest absolute Gasteiger partial charge is 0.258 e. The largest absolute Gasteiger partial charge is 0.381 e. The van der Waals surface area contributed by atoms with Gasteiger partial charge >= 0.3 is 0 Å². The lowest BCUT2D eigenvalue weighted by molar-refractivity contribution is 0.0904. The van der Waals surface area contributed by atoms with Gasteiger partial charge in [-0.05, 0) is 56.3 Å². The Kier molecular flexibility index (Phi) is 8.15. The Balaban J connectivity index is 1.19. The van der Waals surface area contributed by atoms with Crippen LogP contribution in [0.1, 0.15) is 28.8 Å². The molecule has 220 valence electrons. The van der Waals surface area contributed by atoms with Gasteiger partial charge in [0.05, 0.1) is 10.9 Å². The number of carbonyl (C=O) groups is 1. The number of benzene rings is 2. The van der Waals surface area contributed by atoms with E-state index in [1.54, 1.807) is 12.1 Å². The van der Waals surface area contributed by atoms with Crippen LogP contribution in [0.5, 0.6) is 0 Å². The number of fused-ring (bicyclic) bond motifs is 1. The molecule has 1 amide bonds. The lowest BCUT2D eigenvalue weighted by Crippen LogP contribution is -2.44. The monoisotopic (exact) mass is 576 g/mol. The highest BCUT2D eigenvalue weighted by Gasteiger charge is 2.22. The highest BCUT2D eigenvalue weighted by molar-refractivity contribution is 6.10. The van der Waals surface area contributed by atoms with E-state index in [-0.39, 0.29) is 18.5 Å². The molecule has 0 radical (unpaired) electrons.